The first-order valence-corrected chi connectivity index (χ1v) is 5.81. The predicted octanol–water partition coefficient (Wildman–Crippen LogP) is 4.80. The second-order valence-electron chi connectivity index (χ2n) is 5.06. The molecule has 0 saturated heterocycles. The largest absolute Gasteiger partial charge is 0.0840 e. The first-order chi connectivity index (χ1) is 7.04. The van der Waals surface area contributed by atoms with E-state index in [1.807, 2.05) is 0 Å². The topological polar surface area (TPSA) is 0 Å². The van der Waals surface area contributed by atoms with Crippen molar-refractivity contribution in [3.63, 3.8) is 0 Å². The van der Waals surface area contributed by atoms with Crippen LogP contribution in [-0.2, 0) is 5.41 Å². The lowest BCUT2D eigenvalue weighted by Gasteiger charge is -2.18. The Bertz CT molecular complexity index is 309. The molecule has 0 heteroatoms. The molecule has 1 aromatic rings. The van der Waals surface area contributed by atoms with E-state index in [1.165, 1.54) is 24.0 Å². The lowest BCUT2D eigenvalue weighted by molar-refractivity contribution is 0.590. The molecule has 0 amide bonds. The molecule has 15 heavy (non-hydrogen) atoms. The Labute approximate surface area is 94.0 Å². The van der Waals surface area contributed by atoms with Gasteiger partial charge in [0.15, 0.2) is 0 Å². The van der Waals surface area contributed by atoms with Crippen molar-refractivity contribution in [2.24, 2.45) is 0 Å². The fourth-order valence-corrected chi connectivity index (χ4v) is 1.48. The van der Waals surface area contributed by atoms with E-state index in [2.05, 4.69) is 64.1 Å². The summed E-state index contributed by atoms with van der Waals surface area (Å²) in [6, 6.07) is 8.86. The van der Waals surface area contributed by atoms with Gasteiger partial charge in [0.05, 0.1) is 0 Å². The van der Waals surface area contributed by atoms with Crippen LogP contribution in [-0.4, -0.2) is 0 Å². The van der Waals surface area contributed by atoms with Gasteiger partial charge in [-0.25, -0.2) is 0 Å². The van der Waals surface area contributed by atoms with E-state index in [4.69, 9.17) is 0 Å². The van der Waals surface area contributed by atoms with E-state index >= 15 is 0 Å². The second kappa shape index (κ2) is 5.16. The molecule has 0 nitrogen and oxygen atoms in total. The highest BCUT2D eigenvalue weighted by Gasteiger charge is 2.12. The van der Waals surface area contributed by atoms with E-state index in [1.54, 1.807) is 0 Å². The summed E-state index contributed by atoms with van der Waals surface area (Å²) in [5.41, 5.74) is 2.96. The molecular weight excluding hydrogens is 180 g/mol. The van der Waals surface area contributed by atoms with Crippen LogP contribution in [0.15, 0.2) is 30.3 Å². The Kier molecular flexibility index (Phi) is 4.14. The van der Waals surface area contributed by atoms with Crippen LogP contribution < -0.4 is 0 Å². The van der Waals surface area contributed by atoms with Crippen LogP contribution in [0.4, 0.5) is 0 Å². The molecule has 0 aromatic heterocycles. The Balaban J connectivity index is 2.73. The number of allylic oxidation sites excluding steroid dienone is 1. The standard InChI is InChI=1S/C15H22/c1-5-6-7-8-13-9-11-14(12-10-13)15(2,3)4/h7-12H,5-6H2,1-4H3. The first-order valence-electron chi connectivity index (χ1n) is 5.81. The molecule has 0 bridgehead atoms. The molecule has 0 unspecified atom stereocenters. The van der Waals surface area contributed by atoms with Crippen molar-refractivity contribution in [3.05, 3.63) is 41.5 Å². The van der Waals surface area contributed by atoms with Crippen LogP contribution in [0, 0.1) is 0 Å². The number of rotatable bonds is 3. The molecule has 0 N–H and O–H groups in total. The molecule has 82 valence electrons. The Hall–Kier alpha value is -1.04. The second-order valence-corrected chi connectivity index (χ2v) is 5.06. The quantitative estimate of drug-likeness (QED) is 0.660. The van der Waals surface area contributed by atoms with E-state index in [0.29, 0.717) is 0 Å². The van der Waals surface area contributed by atoms with E-state index in [0.717, 1.165) is 0 Å². The van der Waals surface area contributed by atoms with Gasteiger partial charge in [-0.2, -0.15) is 0 Å². The summed E-state index contributed by atoms with van der Waals surface area (Å²) in [5.74, 6) is 0. The number of hydrogen-bond donors (Lipinski definition) is 0. The normalized spacial score (nSPS) is 12.3. The number of benzene rings is 1. The van der Waals surface area contributed by atoms with Crippen LogP contribution in [0.25, 0.3) is 6.08 Å². The zero-order chi connectivity index (χ0) is 11.3. The van der Waals surface area contributed by atoms with E-state index in [-0.39, 0.29) is 5.41 Å². The van der Waals surface area contributed by atoms with Gasteiger partial charge in [0.1, 0.15) is 0 Å². The summed E-state index contributed by atoms with van der Waals surface area (Å²) in [7, 11) is 0. The maximum atomic E-state index is 2.24. The molecule has 1 rings (SSSR count). The molecule has 0 heterocycles. The highest BCUT2D eigenvalue weighted by atomic mass is 14.2. The Morgan fingerprint density at radius 2 is 1.67 bits per heavy atom. The van der Waals surface area contributed by atoms with Gasteiger partial charge in [-0.1, -0.05) is 70.5 Å². The summed E-state index contributed by atoms with van der Waals surface area (Å²) in [6.07, 6.45) is 6.83. The van der Waals surface area contributed by atoms with Crippen molar-refractivity contribution in [3.8, 4) is 0 Å². The van der Waals surface area contributed by atoms with E-state index in [9.17, 15) is 0 Å². The number of hydrogen-bond acceptors (Lipinski definition) is 0. The molecule has 0 aliphatic carbocycles. The molecule has 0 radical (unpaired) electrons. The molecule has 0 atom stereocenters. The minimum Gasteiger partial charge on any atom is -0.0840 e. The fourth-order valence-electron chi connectivity index (χ4n) is 1.48. The van der Waals surface area contributed by atoms with Crippen molar-refractivity contribution in [1.82, 2.24) is 0 Å². The third-order valence-corrected chi connectivity index (χ3v) is 2.54. The van der Waals surface area contributed by atoms with Crippen molar-refractivity contribution in [1.29, 1.82) is 0 Å². The van der Waals surface area contributed by atoms with Gasteiger partial charge in [0.2, 0.25) is 0 Å². The summed E-state index contributed by atoms with van der Waals surface area (Å²) in [5, 5.41) is 0. The molecule has 1 aromatic carbocycles. The zero-order valence-corrected chi connectivity index (χ0v) is 10.4. The lowest BCUT2D eigenvalue weighted by Crippen LogP contribution is -2.10. The molecule has 0 spiro atoms. The van der Waals surface area contributed by atoms with Crippen molar-refractivity contribution < 1.29 is 0 Å². The predicted molar refractivity (Wildman–Crippen MR) is 69.1 cm³/mol. The van der Waals surface area contributed by atoms with Gasteiger partial charge in [0, 0.05) is 0 Å². The van der Waals surface area contributed by atoms with Gasteiger partial charge >= 0.3 is 0 Å². The minimum absolute atomic E-state index is 0.256. The third-order valence-electron chi connectivity index (χ3n) is 2.54. The van der Waals surface area contributed by atoms with Crippen molar-refractivity contribution in [2.75, 3.05) is 0 Å². The zero-order valence-electron chi connectivity index (χ0n) is 10.4. The summed E-state index contributed by atoms with van der Waals surface area (Å²) >= 11 is 0. The van der Waals surface area contributed by atoms with Crippen LogP contribution in [0.5, 0.6) is 0 Å². The highest BCUT2D eigenvalue weighted by molar-refractivity contribution is 5.50. The average molecular weight is 202 g/mol. The summed E-state index contributed by atoms with van der Waals surface area (Å²) in [6.45, 7) is 8.94. The number of unbranched alkanes of at least 4 members (excludes halogenated alkanes) is 1. The Morgan fingerprint density at radius 3 is 2.13 bits per heavy atom. The minimum atomic E-state index is 0.256. The molecule has 0 saturated carbocycles. The van der Waals surface area contributed by atoms with Crippen LogP contribution >= 0.6 is 0 Å². The smallest absolute Gasteiger partial charge is 0.0132 e. The van der Waals surface area contributed by atoms with Crippen molar-refractivity contribution >= 4 is 6.08 Å². The first kappa shape index (κ1) is 12.0. The molecule has 0 aliphatic rings. The lowest BCUT2D eigenvalue weighted by atomic mass is 9.87. The highest BCUT2D eigenvalue weighted by Crippen LogP contribution is 2.22. The van der Waals surface area contributed by atoms with Crippen LogP contribution in [0.1, 0.15) is 51.7 Å². The van der Waals surface area contributed by atoms with Crippen LogP contribution in [0.2, 0.25) is 0 Å². The monoisotopic (exact) mass is 202 g/mol. The fraction of sp³-hybridized carbons (Fsp3) is 0.467. The van der Waals surface area contributed by atoms with Gasteiger partial charge in [0.25, 0.3) is 0 Å². The van der Waals surface area contributed by atoms with Crippen LogP contribution in [0.3, 0.4) is 0 Å². The average Bonchev–Trinajstić information content (AvgIpc) is 2.18. The van der Waals surface area contributed by atoms with Crippen molar-refractivity contribution in [2.45, 2.75) is 46.0 Å². The Morgan fingerprint density at radius 1 is 1.07 bits per heavy atom. The SMILES string of the molecule is CCCC=Cc1ccc(C(C)(C)C)cc1. The van der Waals surface area contributed by atoms with E-state index < -0.39 is 0 Å². The molecule has 0 aliphatic heterocycles. The molecule has 0 fully saturated rings. The molecular formula is C15H22. The van der Waals surface area contributed by atoms with Gasteiger partial charge in [-0.3, -0.25) is 0 Å². The third kappa shape index (κ3) is 3.91. The van der Waals surface area contributed by atoms with Gasteiger partial charge in [-0.05, 0) is 23.0 Å². The maximum Gasteiger partial charge on any atom is -0.0132 e. The maximum absolute atomic E-state index is 2.24. The summed E-state index contributed by atoms with van der Waals surface area (Å²) in [4.78, 5) is 0. The van der Waals surface area contributed by atoms with Gasteiger partial charge < -0.3 is 0 Å². The summed E-state index contributed by atoms with van der Waals surface area (Å²) < 4.78 is 0. The van der Waals surface area contributed by atoms with Gasteiger partial charge in [-0.15, -0.1) is 0 Å².